The third kappa shape index (κ3) is 13.7. The third-order valence-electron chi connectivity index (χ3n) is 8.54. The van der Waals surface area contributed by atoms with Crippen LogP contribution in [0.5, 0.6) is 0 Å². The summed E-state index contributed by atoms with van der Waals surface area (Å²) in [5.74, 6) is -2.88. The Labute approximate surface area is 353 Å². The molecular weight excluding hydrogens is 873 g/mol. The zero-order chi connectivity index (χ0) is 44.8. The molecule has 2 fully saturated rings. The lowest BCUT2D eigenvalue weighted by molar-refractivity contribution is -0.161. The molecule has 0 aliphatic carbocycles. The molecule has 1 atom stereocenters. The number of ether oxygens (including phenoxy) is 1. The molecule has 0 radical (unpaired) electrons. The van der Waals surface area contributed by atoms with E-state index in [9.17, 15) is 52.5 Å². The molecule has 326 valence electrons. The second-order valence-corrected chi connectivity index (χ2v) is 20.6. The number of carbonyl (C=O) groups is 1. The Balaban J connectivity index is 0.000000217. The topological polar surface area (TPSA) is 132 Å². The Morgan fingerprint density at radius 1 is 0.850 bits per heavy atom. The molecule has 6 rings (SSSR count). The molecule has 60 heavy (non-hydrogen) atoms. The van der Waals surface area contributed by atoms with Crippen LogP contribution >= 0.6 is 0 Å². The number of sulfonamides is 1. The van der Waals surface area contributed by atoms with Crippen molar-refractivity contribution in [2.75, 3.05) is 18.1 Å². The number of hydrogen-bond donors (Lipinski definition) is 0. The van der Waals surface area contributed by atoms with Gasteiger partial charge < -0.3 is 14.0 Å². The van der Waals surface area contributed by atoms with E-state index in [2.05, 4.69) is 138 Å². The largest absolute Gasteiger partial charge is 0.743 e. The van der Waals surface area contributed by atoms with Gasteiger partial charge in [-0.15, -0.1) is 6.54 Å². The smallest absolute Gasteiger partial charge is 0.391 e. The Morgan fingerprint density at radius 3 is 1.63 bits per heavy atom. The van der Waals surface area contributed by atoms with Gasteiger partial charge in [0.05, 0.1) is 10.9 Å². The summed E-state index contributed by atoms with van der Waals surface area (Å²) in [7, 11) is -10.7. The first kappa shape index (κ1) is 50.3. The van der Waals surface area contributed by atoms with Crippen molar-refractivity contribution in [3.63, 3.8) is 0 Å². The lowest BCUT2D eigenvalue weighted by atomic mass is 10.2. The zero-order valence-electron chi connectivity index (χ0n) is 32.7. The Morgan fingerprint density at radius 2 is 1.28 bits per heavy atom. The second-order valence-electron chi connectivity index (χ2n) is 13.1. The summed E-state index contributed by atoms with van der Waals surface area (Å²) in [6, 6.07) is 41.1. The molecule has 0 bridgehead atoms. The van der Waals surface area contributed by atoms with Gasteiger partial charge in [-0.05, 0) is 87.2 Å². The molecule has 2 aliphatic heterocycles. The van der Waals surface area contributed by atoms with E-state index in [0.29, 0.717) is 17.8 Å². The number of benzene rings is 4. The summed E-state index contributed by atoms with van der Waals surface area (Å²) in [5.41, 5.74) is 1.05. The van der Waals surface area contributed by atoms with E-state index in [-0.39, 0.29) is 16.5 Å². The summed E-state index contributed by atoms with van der Waals surface area (Å²) in [4.78, 5) is 16.4. The maximum atomic E-state index is 12.7. The molecule has 0 spiro atoms. The maximum absolute atomic E-state index is 12.7. The molecule has 4 aromatic rings. The van der Waals surface area contributed by atoms with Crippen LogP contribution in [0.15, 0.2) is 154 Å². The highest BCUT2D eigenvalue weighted by molar-refractivity contribution is 7.97. The summed E-state index contributed by atoms with van der Waals surface area (Å²) < 4.78 is 132. The fourth-order valence-corrected chi connectivity index (χ4v) is 11.0. The molecule has 0 N–H and O–H groups in total. The minimum Gasteiger partial charge on any atom is -0.743 e. The molecule has 18 heteroatoms. The van der Waals surface area contributed by atoms with Crippen LogP contribution < -0.4 is 0 Å². The van der Waals surface area contributed by atoms with Crippen molar-refractivity contribution in [2.24, 2.45) is 0 Å². The van der Waals surface area contributed by atoms with Crippen molar-refractivity contribution < 1.29 is 57.3 Å². The van der Waals surface area contributed by atoms with E-state index in [1.807, 2.05) is 6.08 Å². The highest BCUT2D eigenvalue weighted by atomic mass is 32.2. The van der Waals surface area contributed by atoms with E-state index < -0.39 is 61.6 Å². The molecule has 1 unspecified atom stereocenters. The van der Waals surface area contributed by atoms with Gasteiger partial charge in [0, 0.05) is 22.9 Å². The molecule has 2 aliphatic rings. The molecule has 0 aromatic heterocycles. The number of carbonyl (C=O) groups excluding carboxylic acids is 1. The van der Waals surface area contributed by atoms with E-state index >= 15 is 0 Å². The quantitative estimate of drug-likeness (QED) is 0.0537. The van der Waals surface area contributed by atoms with Gasteiger partial charge in [0.1, 0.15) is 21.5 Å². The van der Waals surface area contributed by atoms with Crippen molar-refractivity contribution >= 4 is 54.0 Å². The van der Waals surface area contributed by atoms with Gasteiger partial charge in [-0.25, -0.2) is 21.6 Å². The first-order valence-electron chi connectivity index (χ1n) is 18.2. The van der Waals surface area contributed by atoms with Crippen LogP contribution in [0.1, 0.15) is 45.1 Å². The van der Waals surface area contributed by atoms with Crippen LogP contribution in [-0.4, -0.2) is 67.9 Å². The number of rotatable bonds is 9. The van der Waals surface area contributed by atoms with Crippen LogP contribution in [0.25, 0.3) is 10.8 Å². The van der Waals surface area contributed by atoms with Crippen LogP contribution in [0, 0.1) is 0 Å². The molecule has 2 saturated heterocycles. The Kier molecular flexibility index (Phi) is 18.6. The lowest BCUT2D eigenvalue weighted by Crippen LogP contribution is -2.50. The van der Waals surface area contributed by atoms with E-state index in [1.165, 1.54) is 57.9 Å². The van der Waals surface area contributed by atoms with Gasteiger partial charge in [0.2, 0.25) is 0 Å². The molecule has 2 heterocycles. The first-order chi connectivity index (χ1) is 28.1. The highest BCUT2D eigenvalue weighted by Gasteiger charge is 2.62. The minimum absolute atomic E-state index is 0.0146. The average Bonchev–Trinajstić information content (AvgIpc) is 3.22. The van der Waals surface area contributed by atoms with Crippen molar-refractivity contribution in [3.8, 4) is 0 Å². The first-order valence-corrected chi connectivity index (χ1v) is 23.9. The normalized spacial score (nSPS) is 17.4. The number of esters is 1. The molecule has 0 amide bonds. The predicted octanol–water partition coefficient (Wildman–Crippen LogP) is 10.2. The SMILES string of the molecule is C=C(C)C(=O)OC(C)C(F)(F)S(=O)(=O)[O-].C=Cc1ccc([S+]2CCCCC2)cc1.O=S1(=O)[N-]CCC(F)(F)C1(F)F.c1ccc([S+](c2ccccc2)c2ccccc2)cc1. The fourth-order valence-electron chi connectivity index (χ4n) is 5.20. The van der Waals surface area contributed by atoms with Crippen molar-refractivity contribution in [3.05, 3.63) is 144 Å². The number of alkyl halides is 6. The second kappa shape index (κ2) is 22.1. The summed E-state index contributed by atoms with van der Waals surface area (Å²) in [6.45, 7) is 7.89. The van der Waals surface area contributed by atoms with Crippen LogP contribution in [0.2, 0.25) is 0 Å². The van der Waals surface area contributed by atoms with Crippen molar-refractivity contribution in [1.29, 1.82) is 0 Å². The van der Waals surface area contributed by atoms with E-state index in [0.717, 1.165) is 0 Å². The highest BCUT2D eigenvalue weighted by Crippen LogP contribution is 2.46. The Hall–Kier alpha value is -4.07. The van der Waals surface area contributed by atoms with E-state index in [4.69, 9.17) is 0 Å². The lowest BCUT2D eigenvalue weighted by Gasteiger charge is -2.38. The molecule has 0 saturated carbocycles. The molecule has 4 aromatic carbocycles. The van der Waals surface area contributed by atoms with E-state index in [1.54, 1.807) is 4.90 Å². The van der Waals surface area contributed by atoms with Gasteiger partial charge in [0.25, 0.3) is 0 Å². The summed E-state index contributed by atoms with van der Waals surface area (Å²) >= 11 is 0. The van der Waals surface area contributed by atoms with Gasteiger partial charge >= 0.3 is 22.4 Å². The average molecular weight is 918 g/mol. The predicted molar refractivity (Wildman–Crippen MR) is 224 cm³/mol. The van der Waals surface area contributed by atoms with Crippen molar-refractivity contribution in [1.82, 2.24) is 0 Å². The van der Waals surface area contributed by atoms with Gasteiger partial charge in [-0.1, -0.05) is 86.0 Å². The maximum Gasteiger partial charge on any atom is 0.391 e. The fraction of sp³-hybridized carbons (Fsp3) is 0.310. The van der Waals surface area contributed by atoms with Gasteiger partial charge in [-0.2, -0.15) is 26.3 Å². The molecule has 8 nitrogen and oxygen atoms in total. The van der Waals surface area contributed by atoms with Gasteiger partial charge in [-0.3, -0.25) is 0 Å². The van der Waals surface area contributed by atoms with Crippen molar-refractivity contribution in [2.45, 2.75) is 81.6 Å². The summed E-state index contributed by atoms with van der Waals surface area (Å²) in [6.07, 6.45) is 2.60. The van der Waals surface area contributed by atoms with Crippen LogP contribution in [0.4, 0.5) is 26.3 Å². The minimum atomic E-state index is -5.86. The number of hydrogen-bond acceptors (Lipinski definition) is 7. The van der Waals surface area contributed by atoms with Crippen LogP contribution in [0.3, 0.4) is 0 Å². The van der Waals surface area contributed by atoms with Crippen LogP contribution in [-0.2, 0) is 51.5 Å². The third-order valence-corrected chi connectivity index (χ3v) is 15.7. The molecular formula is C42H45F6NO7S4. The zero-order valence-corrected chi connectivity index (χ0v) is 36.0. The Bertz CT molecular complexity index is 2120. The number of halogens is 6. The monoisotopic (exact) mass is 917 g/mol. The van der Waals surface area contributed by atoms with Gasteiger partial charge in [0.15, 0.2) is 35.8 Å². The summed E-state index contributed by atoms with van der Waals surface area (Å²) in [5, 5.41) is -9.71. The standard InChI is InChI=1S/C18H15S.C13H17S.C7H10F2O5S.C4H4F4NO2S/c1-4-10-16(11-5-1)19(17-12-6-2-7-13-17)18-14-8-3-9-15-18;1-2-12-6-8-13(9-7-12)14-10-4-3-5-11-14;1-4(2)6(10)14-5(3)7(8,9)15(11,12)13;5-3(6)1-2-9-12(10,11)4(3,7)8/h1-15H;2,6-9H,1,3-5,10-11H2;5H,1H2,2-3H3,(H,11,12,13);1-2H2/q2*+1;;-1/p-1. The number of nitrogens with zero attached hydrogens (tertiary/aromatic N) is 1.